The third kappa shape index (κ3) is 3.97. The zero-order valence-electron chi connectivity index (χ0n) is 13.6. The van der Waals surface area contributed by atoms with E-state index in [9.17, 15) is 15.2 Å². The standard InChI is InChI=1S/C17H22BrN3O2/c1-16(2,3)14-10-17(11-19,8-9-21(14)15(22)23)20-13-6-4-12(18)5-7-13/h4-7,14,20H,8-10H2,1-3H3,(H,22,23). The molecule has 2 atom stereocenters. The third-order valence-corrected chi connectivity index (χ3v) is 4.91. The fraction of sp³-hybridized carbons (Fsp3) is 0.529. The second-order valence-electron chi connectivity index (χ2n) is 7.14. The molecule has 0 spiro atoms. The van der Waals surface area contributed by atoms with Gasteiger partial charge >= 0.3 is 6.09 Å². The van der Waals surface area contributed by atoms with Crippen molar-refractivity contribution in [2.45, 2.75) is 45.2 Å². The van der Waals surface area contributed by atoms with E-state index in [0.29, 0.717) is 19.4 Å². The maximum atomic E-state index is 11.5. The molecule has 2 rings (SSSR count). The van der Waals surface area contributed by atoms with Crippen LogP contribution in [0.5, 0.6) is 0 Å². The van der Waals surface area contributed by atoms with Crippen LogP contribution in [0.1, 0.15) is 33.6 Å². The molecule has 1 aromatic rings. The first-order valence-corrected chi connectivity index (χ1v) is 8.41. The monoisotopic (exact) mass is 379 g/mol. The minimum atomic E-state index is -0.917. The number of hydrogen-bond acceptors (Lipinski definition) is 3. The second kappa shape index (κ2) is 6.40. The summed E-state index contributed by atoms with van der Waals surface area (Å²) in [6, 6.07) is 9.85. The Kier molecular flexibility index (Phi) is 4.90. The normalized spacial score (nSPS) is 24.8. The van der Waals surface area contributed by atoms with Gasteiger partial charge in [-0.15, -0.1) is 0 Å². The minimum Gasteiger partial charge on any atom is -0.465 e. The van der Waals surface area contributed by atoms with E-state index >= 15 is 0 Å². The first-order chi connectivity index (χ1) is 10.7. The summed E-state index contributed by atoms with van der Waals surface area (Å²) < 4.78 is 0.974. The molecular weight excluding hydrogens is 358 g/mol. The fourth-order valence-electron chi connectivity index (χ4n) is 3.06. The number of piperidine rings is 1. The van der Waals surface area contributed by atoms with E-state index in [2.05, 4.69) is 27.3 Å². The van der Waals surface area contributed by atoms with E-state index in [4.69, 9.17) is 0 Å². The van der Waals surface area contributed by atoms with Gasteiger partial charge in [-0.3, -0.25) is 0 Å². The lowest BCUT2D eigenvalue weighted by molar-refractivity contribution is 0.0464. The van der Waals surface area contributed by atoms with Crippen LogP contribution in [0, 0.1) is 16.7 Å². The van der Waals surface area contributed by atoms with E-state index in [1.807, 2.05) is 45.0 Å². The van der Waals surface area contributed by atoms with Crippen molar-refractivity contribution in [1.82, 2.24) is 4.90 Å². The lowest BCUT2D eigenvalue weighted by atomic mass is 9.74. The summed E-state index contributed by atoms with van der Waals surface area (Å²) in [6.45, 7) is 6.40. The molecule has 124 valence electrons. The third-order valence-electron chi connectivity index (χ3n) is 4.38. The molecule has 1 fully saturated rings. The van der Waals surface area contributed by atoms with Crippen molar-refractivity contribution >= 4 is 27.7 Å². The van der Waals surface area contributed by atoms with Gasteiger partial charge in [0.05, 0.1) is 6.07 Å². The molecule has 2 N–H and O–H groups in total. The minimum absolute atomic E-state index is 0.212. The highest BCUT2D eigenvalue weighted by Gasteiger charge is 2.46. The Hall–Kier alpha value is -1.74. The van der Waals surface area contributed by atoms with Gasteiger partial charge in [-0.05, 0) is 29.7 Å². The number of rotatable bonds is 2. The molecule has 0 saturated carbocycles. The van der Waals surface area contributed by atoms with Gasteiger partial charge in [0.2, 0.25) is 0 Å². The number of anilines is 1. The number of amides is 1. The van der Waals surface area contributed by atoms with Gasteiger partial charge in [-0.1, -0.05) is 36.7 Å². The number of likely N-dealkylation sites (tertiary alicyclic amines) is 1. The summed E-state index contributed by atoms with van der Waals surface area (Å²) in [6.07, 6.45) is 0.0217. The zero-order chi connectivity index (χ0) is 17.3. The number of halogens is 1. The molecule has 1 amide bonds. The number of nitriles is 1. The average molecular weight is 380 g/mol. The molecule has 0 radical (unpaired) electrons. The van der Waals surface area contributed by atoms with E-state index in [1.165, 1.54) is 4.90 Å². The summed E-state index contributed by atoms with van der Waals surface area (Å²) in [4.78, 5) is 13.0. The molecule has 1 aromatic carbocycles. The number of nitrogens with zero attached hydrogens (tertiary/aromatic N) is 2. The molecule has 5 nitrogen and oxygen atoms in total. The highest BCUT2D eigenvalue weighted by molar-refractivity contribution is 9.10. The zero-order valence-corrected chi connectivity index (χ0v) is 15.2. The van der Waals surface area contributed by atoms with Gasteiger partial charge in [0.1, 0.15) is 5.54 Å². The summed E-state index contributed by atoms with van der Waals surface area (Å²) in [5.41, 5.74) is -0.119. The van der Waals surface area contributed by atoms with Gasteiger partial charge in [0.15, 0.2) is 0 Å². The molecule has 1 aliphatic rings. The van der Waals surface area contributed by atoms with E-state index < -0.39 is 11.6 Å². The maximum absolute atomic E-state index is 11.5. The molecule has 23 heavy (non-hydrogen) atoms. The highest BCUT2D eigenvalue weighted by Crippen LogP contribution is 2.38. The van der Waals surface area contributed by atoms with Gasteiger partial charge in [-0.25, -0.2) is 4.79 Å². The fourth-order valence-corrected chi connectivity index (χ4v) is 3.33. The topological polar surface area (TPSA) is 76.4 Å². The Morgan fingerprint density at radius 1 is 1.43 bits per heavy atom. The van der Waals surface area contributed by atoms with Crippen LogP contribution in [0.3, 0.4) is 0 Å². The van der Waals surface area contributed by atoms with Crippen LogP contribution in [0.15, 0.2) is 28.7 Å². The Morgan fingerprint density at radius 3 is 2.52 bits per heavy atom. The molecule has 0 bridgehead atoms. The molecule has 1 aliphatic heterocycles. The Balaban J connectivity index is 2.27. The van der Waals surface area contributed by atoms with Crippen LogP contribution >= 0.6 is 15.9 Å². The van der Waals surface area contributed by atoms with Gasteiger partial charge < -0.3 is 15.3 Å². The predicted octanol–water partition coefficient (Wildman–Crippen LogP) is 4.31. The number of benzene rings is 1. The van der Waals surface area contributed by atoms with Crippen molar-refractivity contribution < 1.29 is 9.90 Å². The van der Waals surface area contributed by atoms with E-state index in [-0.39, 0.29) is 11.5 Å². The van der Waals surface area contributed by atoms with Crippen LogP contribution in [0.4, 0.5) is 10.5 Å². The quantitative estimate of drug-likeness (QED) is 0.802. The van der Waals surface area contributed by atoms with Crippen molar-refractivity contribution in [3.05, 3.63) is 28.7 Å². The molecule has 0 aliphatic carbocycles. The van der Waals surface area contributed by atoms with Crippen molar-refractivity contribution in [3.8, 4) is 6.07 Å². The van der Waals surface area contributed by atoms with Crippen LogP contribution in [0.2, 0.25) is 0 Å². The first kappa shape index (κ1) is 17.6. The van der Waals surface area contributed by atoms with Crippen molar-refractivity contribution in [1.29, 1.82) is 5.26 Å². The SMILES string of the molecule is CC(C)(C)C1CC(C#N)(Nc2ccc(Br)cc2)CCN1C(=O)O. The Labute approximate surface area is 145 Å². The second-order valence-corrected chi connectivity index (χ2v) is 8.05. The largest absolute Gasteiger partial charge is 0.465 e. The van der Waals surface area contributed by atoms with Gasteiger partial charge in [-0.2, -0.15) is 5.26 Å². The van der Waals surface area contributed by atoms with Crippen LogP contribution in [0.25, 0.3) is 0 Å². The van der Waals surface area contributed by atoms with Gasteiger partial charge in [0, 0.05) is 35.6 Å². The Morgan fingerprint density at radius 2 is 2.04 bits per heavy atom. The van der Waals surface area contributed by atoms with E-state index in [0.717, 1.165) is 10.2 Å². The van der Waals surface area contributed by atoms with E-state index in [1.54, 1.807) is 0 Å². The van der Waals surface area contributed by atoms with Crippen LogP contribution in [-0.4, -0.2) is 34.2 Å². The lowest BCUT2D eigenvalue weighted by Crippen LogP contribution is -2.58. The van der Waals surface area contributed by atoms with Crippen LogP contribution < -0.4 is 5.32 Å². The average Bonchev–Trinajstić information content (AvgIpc) is 2.48. The number of carbonyl (C=O) groups is 1. The number of carboxylic acid groups (broad SMARTS) is 1. The highest BCUT2D eigenvalue weighted by atomic mass is 79.9. The maximum Gasteiger partial charge on any atom is 0.407 e. The summed E-state index contributed by atoms with van der Waals surface area (Å²) in [7, 11) is 0. The lowest BCUT2D eigenvalue weighted by Gasteiger charge is -2.48. The molecule has 1 heterocycles. The summed E-state index contributed by atoms with van der Waals surface area (Å²) >= 11 is 3.40. The van der Waals surface area contributed by atoms with Gasteiger partial charge in [0.25, 0.3) is 0 Å². The number of hydrogen-bond donors (Lipinski definition) is 2. The molecule has 2 unspecified atom stereocenters. The van der Waals surface area contributed by atoms with Crippen LogP contribution in [-0.2, 0) is 0 Å². The summed E-state index contributed by atoms with van der Waals surface area (Å²) in [5, 5.41) is 22.6. The van der Waals surface area contributed by atoms with Crippen molar-refractivity contribution in [2.75, 3.05) is 11.9 Å². The summed E-state index contributed by atoms with van der Waals surface area (Å²) in [5.74, 6) is 0. The first-order valence-electron chi connectivity index (χ1n) is 7.61. The van der Waals surface area contributed by atoms with Crippen molar-refractivity contribution in [2.24, 2.45) is 5.41 Å². The predicted molar refractivity (Wildman–Crippen MR) is 93.3 cm³/mol. The smallest absolute Gasteiger partial charge is 0.407 e. The molecule has 0 aromatic heterocycles. The van der Waals surface area contributed by atoms with Crippen molar-refractivity contribution in [3.63, 3.8) is 0 Å². The molecule has 1 saturated heterocycles. The Bertz CT molecular complexity index is 618. The number of nitrogens with one attached hydrogen (secondary N) is 1. The molecular formula is C17H22BrN3O2. The molecule has 6 heteroatoms.